The van der Waals surface area contributed by atoms with Gasteiger partial charge in [0, 0.05) is 12.8 Å². The predicted molar refractivity (Wildman–Crippen MR) is 103 cm³/mol. The zero-order valence-electron chi connectivity index (χ0n) is 16.0. The monoisotopic (exact) mass is 353 g/mol. The predicted octanol–water partition coefficient (Wildman–Crippen LogP) is 5.79. The second-order valence-electron chi connectivity index (χ2n) is 8.15. The highest BCUT2D eigenvalue weighted by Crippen LogP contribution is 2.50. The van der Waals surface area contributed by atoms with E-state index in [1.54, 1.807) is 0 Å². The molecule has 3 heteroatoms. The maximum atomic E-state index is 11.9. The Balaban J connectivity index is 1.58. The lowest BCUT2D eigenvalue weighted by Crippen LogP contribution is -2.36. The number of ketones is 1. The van der Waals surface area contributed by atoms with Crippen LogP contribution in [0.15, 0.2) is 24.3 Å². The number of ether oxygens (including phenoxy) is 1. The van der Waals surface area contributed by atoms with Crippen LogP contribution in [0.1, 0.15) is 82.6 Å². The topological polar surface area (TPSA) is 50.1 Å². The highest BCUT2D eigenvalue weighted by atomic mass is 16.5. The number of carbonyl (C=O) groups is 1. The van der Waals surface area contributed by atoms with E-state index < -0.39 is 0 Å². The van der Waals surface area contributed by atoms with Gasteiger partial charge in [0.15, 0.2) is 0 Å². The second-order valence-corrected chi connectivity index (χ2v) is 8.15. The lowest BCUT2D eigenvalue weighted by Gasteiger charge is -2.42. The number of benzene rings is 1. The molecular weight excluding hydrogens is 322 g/mol. The Hall–Kier alpha value is -1.82. The standard InChI is InChI=1S/C23H31NO2/c1-2-3-15-26-22-9-7-18(8-10-22)19-11-13-23(17-24,14-12-19)20-5-4-6-21(25)16-20/h7-10,19-20H,2-6,11-16H2,1H3. The van der Waals surface area contributed by atoms with E-state index in [0.717, 1.165) is 63.7 Å². The average molecular weight is 354 g/mol. The molecule has 0 heterocycles. The molecule has 0 amide bonds. The molecule has 1 aromatic carbocycles. The molecular formula is C23H31NO2. The van der Waals surface area contributed by atoms with Crippen molar-refractivity contribution < 1.29 is 9.53 Å². The Morgan fingerprint density at radius 2 is 1.92 bits per heavy atom. The van der Waals surface area contributed by atoms with Crippen LogP contribution in [0, 0.1) is 22.7 Å². The summed E-state index contributed by atoms with van der Waals surface area (Å²) in [4.78, 5) is 11.9. The molecule has 0 bridgehead atoms. The van der Waals surface area contributed by atoms with Crippen LogP contribution in [0.2, 0.25) is 0 Å². The molecule has 0 spiro atoms. The van der Waals surface area contributed by atoms with Crippen molar-refractivity contribution in [3.05, 3.63) is 29.8 Å². The van der Waals surface area contributed by atoms with E-state index in [-0.39, 0.29) is 11.3 Å². The van der Waals surface area contributed by atoms with Crippen molar-refractivity contribution in [3.63, 3.8) is 0 Å². The highest BCUT2D eigenvalue weighted by Gasteiger charge is 2.43. The third-order valence-electron chi connectivity index (χ3n) is 6.48. The molecule has 0 saturated heterocycles. The molecule has 2 aliphatic carbocycles. The molecule has 2 saturated carbocycles. The number of nitrogens with zero attached hydrogens (tertiary/aromatic N) is 1. The van der Waals surface area contributed by atoms with Gasteiger partial charge in [-0.1, -0.05) is 25.5 Å². The van der Waals surface area contributed by atoms with Crippen LogP contribution in [0.5, 0.6) is 5.75 Å². The summed E-state index contributed by atoms with van der Waals surface area (Å²) in [5.74, 6) is 2.12. The fraction of sp³-hybridized carbons (Fsp3) is 0.652. The Kier molecular flexibility index (Phi) is 6.35. The maximum Gasteiger partial charge on any atom is 0.133 e. The van der Waals surface area contributed by atoms with E-state index >= 15 is 0 Å². The fourth-order valence-corrected chi connectivity index (χ4v) is 4.74. The molecule has 2 aliphatic rings. The molecule has 1 atom stereocenters. The maximum absolute atomic E-state index is 11.9. The summed E-state index contributed by atoms with van der Waals surface area (Å²) >= 11 is 0. The van der Waals surface area contributed by atoms with Gasteiger partial charge in [-0.25, -0.2) is 0 Å². The molecule has 0 radical (unpaired) electrons. The van der Waals surface area contributed by atoms with Crippen molar-refractivity contribution in [1.29, 1.82) is 5.26 Å². The molecule has 1 aromatic rings. The summed E-state index contributed by atoms with van der Waals surface area (Å²) in [6.45, 7) is 2.95. The fourth-order valence-electron chi connectivity index (χ4n) is 4.74. The van der Waals surface area contributed by atoms with Gasteiger partial charge in [0.1, 0.15) is 11.5 Å². The summed E-state index contributed by atoms with van der Waals surface area (Å²) in [5.41, 5.74) is 1.09. The second kappa shape index (κ2) is 8.71. The quantitative estimate of drug-likeness (QED) is 0.608. The van der Waals surface area contributed by atoms with Gasteiger partial charge in [0.2, 0.25) is 0 Å². The Morgan fingerprint density at radius 1 is 1.19 bits per heavy atom. The van der Waals surface area contributed by atoms with Gasteiger partial charge in [0.25, 0.3) is 0 Å². The van der Waals surface area contributed by atoms with E-state index in [0.29, 0.717) is 24.5 Å². The number of hydrogen-bond donors (Lipinski definition) is 0. The van der Waals surface area contributed by atoms with E-state index in [2.05, 4.69) is 37.3 Å². The SMILES string of the molecule is CCCCOc1ccc(C2CCC(C#N)(C3CCCC(=O)C3)CC2)cc1. The smallest absolute Gasteiger partial charge is 0.133 e. The van der Waals surface area contributed by atoms with Crippen molar-refractivity contribution in [3.8, 4) is 11.8 Å². The van der Waals surface area contributed by atoms with Crippen LogP contribution in [-0.2, 0) is 4.79 Å². The zero-order chi connectivity index (χ0) is 18.4. The van der Waals surface area contributed by atoms with Crippen molar-refractivity contribution in [2.24, 2.45) is 11.3 Å². The number of hydrogen-bond acceptors (Lipinski definition) is 3. The largest absolute Gasteiger partial charge is 0.494 e. The van der Waals surface area contributed by atoms with E-state index in [1.165, 1.54) is 5.56 Å². The van der Waals surface area contributed by atoms with Crippen LogP contribution in [-0.4, -0.2) is 12.4 Å². The summed E-state index contributed by atoms with van der Waals surface area (Å²) in [7, 11) is 0. The number of unbranched alkanes of at least 4 members (excludes halogenated alkanes) is 1. The van der Waals surface area contributed by atoms with Crippen molar-refractivity contribution >= 4 is 5.78 Å². The molecule has 140 valence electrons. The van der Waals surface area contributed by atoms with Crippen LogP contribution in [0.4, 0.5) is 0 Å². The van der Waals surface area contributed by atoms with Crippen LogP contribution in [0.25, 0.3) is 0 Å². The third kappa shape index (κ3) is 4.29. The van der Waals surface area contributed by atoms with E-state index in [4.69, 9.17) is 4.74 Å². The van der Waals surface area contributed by atoms with Crippen LogP contribution in [0.3, 0.4) is 0 Å². The average Bonchev–Trinajstić information content (AvgIpc) is 2.69. The Bertz CT molecular complexity index is 635. The molecule has 3 nitrogen and oxygen atoms in total. The van der Waals surface area contributed by atoms with Gasteiger partial charge in [-0.2, -0.15) is 5.26 Å². The van der Waals surface area contributed by atoms with Gasteiger partial charge < -0.3 is 4.74 Å². The van der Waals surface area contributed by atoms with Crippen LogP contribution < -0.4 is 4.74 Å². The third-order valence-corrected chi connectivity index (χ3v) is 6.48. The van der Waals surface area contributed by atoms with Gasteiger partial charge in [-0.15, -0.1) is 0 Å². The normalized spacial score (nSPS) is 29.2. The number of carbonyl (C=O) groups excluding carboxylic acids is 1. The number of nitriles is 1. The summed E-state index contributed by atoms with van der Waals surface area (Å²) in [5, 5.41) is 9.90. The van der Waals surface area contributed by atoms with Crippen molar-refractivity contribution in [2.75, 3.05) is 6.61 Å². The van der Waals surface area contributed by atoms with Gasteiger partial charge >= 0.3 is 0 Å². The Labute approximate surface area is 157 Å². The molecule has 0 aliphatic heterocycles. The molecule has 2 fully saturated rings. The summed E-state index contributed by atoms with van der Waals surface area (Å²) < 4.78 is 5.75. The summed E-state index contributed by atoms with van der Waals surface area (Å²) in [6, 6.07) is 11.2. The summed E-state index contributed by atoms with van der Waals surface area (Å²) in [6.07, 6.45) is 9.56. The Morgan fingerprint density at radius 3 is 2.54 bits per heavy atom. The van der Waals surface area contributed by atoms with Crippen molar-refractivity contribution in [1.82, 2.24) is 0 Å². The molecule has 0 N–H and O–H groups in total. The lowest BCUT2D eigenvalue weighted by molar-refractivity contribution is -0.123. The molecule has 26 heavy (non-hydrogen) atoms. The van der Waals surface area contributed by atoms with Crippen LogP contribution >= 0.6 is 0 Å². The molecule has 3 rings (SSSR count). The minimum atomic E-state index is -0.268. The number of Topliss-reactive ketones (excluding diaryl/α,β-unsaturated/α-hetero) is 1. The number of rotatable bonds is 6. The highest BCUT2D eigenvalue weighted by molar-refractivity contribution is 5.79. The first-order valence-corrected chi connectivity index (χ1v) is 10.3. The molecule has 0 aromatic heterocycles. The van der Waals surface area contributed by atoms with Gasteiger partial charge in [-0.3, -0.25) is 4.79 Å². The zero-order valence-corrected chi connectivity index (χ0v) is 16.0. The van der Waals surface area contributed by atoms with E-state index in [1.807, 2.05) is 0 Å². The van der Waals surface area contributed by atoms with Gasteiger partial charge in [-0.05, 0) is 74.5 Å². The molecule has 1 unspecified atom stereocenters. The minimum absolute atomic E-state index is 0.268. The van der Waals surface area contributed by atoms with Gasteiger partial charge in [0.05, 0.1) is 18.1 Å². The van der Waals surface area contributed by atoms with E-state index in [9.17, 15) is 10.1 Å². The van der Waals surface area contributed by atoms with Crippen molar-refractivity contribution in [2.45, 2.75) is 77.0 Å². The minimum Gasteiger partial charge on any atom is -0.494 e. The first-order valence-electron chi connectivity index (χ1n) is 10.3. The first kappa shape index (κ1) is 19.0. The lowest BCUT2D eigenvalue weighted by atomic mass is 9.60. The first-order chi connectivity index (χ1) is 12.7.